The molecule has 0 aromatic carbocycles. The molecule has 0 rings (SSSR count). The van der Waals surface area contributed by atoms with E-state index in [-0.39, 0.29) is 30.8 Å². The summed E-state index contributed by atoms with van der Waals surface area (Å²) in [6.07, 6.45) is 0.612. The Kier molecular flexibility index (Phi) is 7.55. The number of hydrogen-bond donors (Lipinski definition) is 4. The van der Waals surface area contributed by atoms with Gasteiger partial charge < -0.3 is 21.1 Å². The van der Waals surface area contributed by atoms with Crippen molar-refractivity contribution in [3.63, 3.8) is 0 Å². The number of amides is 3. The maximum atomic E-state index is 11.4. The molecule has 0 aromatic rings. The molecule has 0 aromatic heterocycles. The number of aliphatic carboxylic acids is 1. The van der Waals surface area contributed by atoms with Crippen molar-refractivity contribution in [2.45, 2.75) is 45.6 Å². The number of carbonyl (C=O) groups is 3. The van der Waals surface area contributed by atoms with E-state index in [2.05, 4.69) is 16.0 Å². The van der Waals surface area contributed by atoms with Crippen molar-refractivity contribution in [2.24, 2.45) is 0 Å². The van der Waals surface area contributed by atoms with Gasteiger partial charge in [-0.15, -0.1) is 0 Å². The lowest BCUT2D eigenvalue weighted by molar-refractivity contribution is -0.137. The highest BCUT2D eigenvalue weighted by atomic mass is 16.4. The Balaban J connectivity index is 3.58. The third kappa shape index (κ3) is 12.5. The van der Waals surface area contributed by atoms with Crippen LogP contribution in [0.3, 0.4) is 0 Å². The average Bonchev–Trinajstić information content (AvgIpc) is 2.21. The first-order valence-corrected chi connectivity index (χ1v) is 6.25. The smallest absolute Gasteiger partial charge is 0.314 e. The summed E-state index contributed by atoms with van der Waals surface area (Å²) in [7, 11) is 0. The third-order valence-corrected chi connectivity index (χ3v) is 2.01. The van der Waals surface area contributed by atoms with Crippen molar-refractivity contribution in [3.05, 3.63) is 0 Å². The van der Waals surface area contributed by atoms with Crippen molar-refractivity contribution in [1.82, 2.24) is 16.0 Å². The van der Waals surface area contributed by atoms with Crippen LogP contribution < -0.4 is 16.0 Å². The molecule has 0 unspecified atom stereocenters. The van der Waals surface area contributed by atoms with Crippen LogP contribution in [0.2, 0.25) is 0 Å². The maximum absolute atomic E-state index is 11.4. The van der Waals surface area contributed by atoms with Crippen LogP contribution in [0, 0.1) is 0 Å². The van der Waals surface area contributed by atoms with E-state index in [1.165, 1.54) is 0 Å². The van der Waals surface area contributed by atoms with E-state index in [0.29, 0.717) is 13.0 Å². The lowest BCUT2D eigenvalue weighted by atomic mass is 10.1. The number of urea groups is 1. The molecule has 3 amide bonds. The summed E-state index contributed by atoms with van der Waals surface area (Å²) in [5.41, 5.74) is -0.282. The Morgan fingerprint density at radius 1 is 1.00 bits per heavy atom. The average molecular weight is 273 g/mol. The Morgan fingerprint density at radius 2 is 1.58 bits per heavy atom. The van der Waals surface area contributed by atoms with Gasteiger partial charge in [-0.05, 0) is 27.2 Å². The molecule has 0 aliphatic heterocycles. The predicted octanol–water partition coefficient (Wildman–Crippen LogP) is 0.455. The van der Waals surface area contributed by atoms with Crippen LogP contribution in [0.15, 0.2) is 0 Å². The predicted molar refractivity (Wildman–Crippen MR) is 70.8 cm³/mol. The minimum Gasteiger partial charge on any atom is -0.481 e. The highest BCUT2D eigenvalue weighted by Crippen LogP contribution is 1.98. The third-order valence-electron chi connectivity index (χ3n) is 2.01. The number of hydrogen-bond acceptors (Lipinski definition) is 3. The normalized spacial score (nSPS) is 10.7. The lowest BCUT2D eigenvalue weighted by Gasteiger charge is -2.20. The van der Waals surface area contributed by atoms with Crippen molar-refractivity contribution >= 4 is 17.9 Å². The van der Waals surface area contributed by atoms with Gasteiger partial charge in [0.15, 0.2) is 0 Å². The first-order valence-electron chi connectivity index (χ1n) is 6.25. The summed E-state index contributed by atoms with van der Waals surface area (Å²) >= 11 is 0. The number of carboxylic acid groups (broad SMARTS) is 1. The van der Waals surface area contributed by atoms with Crippen molar-refractivity contribution in [3.8, 4) is 0 Å². The molecule has 7 heteroatoms. The highest BCUT2D eigenvalue weighted by Gasteiger charge is 2.13. The molecule has 0 aliphatic rings. The topological polar surface area (TPSA) is 108 Å². The molecule has 0 spiro atoms. The van der Waals surface area contributed by atoms with Gasteiger partial charge in [-0.2, -0.15) is 0 Å². The van der Waals surface area contributed by atoms with Crippen molar-refractivity contribution in [2.75, 3.05) is 13.1 Å². The minimum atomic E-state index is -0.888. The summed E-state index contributed by atoms with van der Waals surface area (Å²) in [5, 5.41) is 16.2. The SMILES string of the molecule is CC(C)(C)NC(=O)CCNC(=O)NCCCC(=O)O. The van der Waals surface area contributed by atoms with Crippen LogP contribution in [0.1, 0.15) is 40.0 Å². The molecular formula is C12H23N3O4. The molecule has 110 valence electrons. The fourth-order valence-corrected chi connectivity index (χ4v) is 1.27. The molecule has 4 N–H and O–H groups in total. The molecule has 0 aliphatic carbocycles. The number of nitrogens with one attached hydrogen (secondary N) is 3. The number of carbonyl (C=O) groups excluding carboxylic acids is 2. The summed E-state index contributed by atoms with van der Waals surface area (Å²) in [5.74, 6) is -1.01. The van der Waals surface area contributed by atoms with Crippen LogP contribution in [0.4, 0.5) is 4.79 Å². The Hall–Kier alpha value is -1.79. The van der Waals surface area contributed by atoms with Gasteiger partial charge in [-0.3, -0.25) is 9.59 Å². The molecule has 7 nitrogen and oxygen atoms in total. The van der Waals surface area contributed by atoms with Crippen LogP contribution in [-0.4, -0.2) is 41.6 Å². The van der Waals surface area contributed by atoms with Crippen molar-refractivity contribution < 1.29 is 19.5 Å². The van der Waals surface area contributed by atoms with Crippen molar-refractivity contribution in [1.29, 1.82) is 0 Å². The largest absolute Gasteiger partial charge is 0.481 e. The van der Waals surface area contributed by atoms with Gasteiger partial charge in [0.2, 0.25) is 5.91 Å². The zero-order valence-corrected chi connectivity index (χ0v) is 11.7. The summed E-state index contributed by atoms with van der Waals surface area (Å²) in [4.78, 5) is 32.9. The Morgan fingerprint density at radius 3 is 2.11 bits per heavy atom. The molecule has 0 fully saturated rings. The molecule has 0 heterocycles. The highest BCUT2D eigenvalue weighted by molar-refractivity contribution is 5.78. The monoisotopic (exact) mass is 273 g/mol. The zero-order chi connectivity index (χ0) is 14.9. The number of rotatable bonds is 7. The summed E-state index contributed by atoms with van der Waals surface area (Å²) < 4.78 is 0. The van der Waals surface area contributed by atoms with Gasteiger partial charge in [0, 0.05) is 31.5 Å². The van der Waals surface area contributed by atoms with Crippen LogP contribution in [0.25, 0.3) is 0 Å². The minimum absolute atomic E-state index is 0.0221. The zero-order valence-electron chi connectivity index (χ0n) is 11.7. The lowest BCUT2D eigenvalue weighted by Crippen LogP contribution is -2.43. The maximum Gasteiger partial charge on any atom is 0.314 e. The molecule has 0 atom stereocenters. The Bertz CT molecular complexity index is 323. The molecule has 0 radical (unpaired) electrons. The first kappa shape index (κ1) is 17.2. The van der Waals surface area contributed by atoms with Gasteiger partial charge in [-0.1, -0.05) is 0 Å². The molecular weight excluding hydrogens is 250 g/mol. The van der Waals surface area contributed by atoms with E-state index in [0.717, 1.165) is 0 Å². The Labute approximate surface area is 113 Å². The van der Waals surface area contributed by atoms with E-state index in [4.69, 9.17) is 5.11 Å². The van der Waals surface area contributed by atoms with Crippen LogP contribution in [0.5, 0.6) is 0 Å². The van der Waals surface area contributed by atoms with Gasteiger partial charge in [0.25, 0.3) is 0 Å². The second kappa shape index (κ2) is 8.34. The fraction of sp³-hybridized carbons (Fsp3) is 0.750. The molecule has 0 saturated heterocycles. The second-order valence-corrected chi connectivity index (χ2v) is 5.23. The van der Waals surface area contributed by atoms with E-state index >= 15 is 0 Å². The fourth-order valence-electron chi connectivity index (χ4n) is 1.27. The molecule has 19 heavy (non-hydrogen) atoms. The summed E-state index contributed by atoms with van der Waals surface area (Å²) in [6.45, 7) is 6.19. The van der Waals surface area contributed by atoms with E-state index in [1.807, 2.05) is 20.8 Å². The summed E-state index contributed by atoms with van der Waals surface area (Å²) in [6, 6.07) is -0.394. The van der Waals surface area contributed by atoms with E-state index < -0.39 is 12.0 Å². The van der Waals surface area contributed by atoms with Gasteiger partial charge in [0.1, 0.15) is 0 Å². The molecule has 0 bridgehead atoms. The first-order chi connectivity index (χ1) is 8.70. The van der Waals surface area contributed by atoms with Gasteiger partial charge >= 0.3 is 12.0 Å². The van der Waals surface area contributed by atoms with Gasteiger partial charge in [0.05, 0.1) is 0 Å². The number of carboxylic acids is 1. The van der Waals surface area contributed by atoms with Crippen LogP contribution >= 0.6 is 0 Å². The van der Waals surface area contributed by atoms with Gasteiger partial charge in [-0.25, -0.2) is 4.79 Å². The quantitative estimate of drug-likeness (QED) is 0.505. The van der Waals surface area contributed by atoms with E-state index in [9.17, 15) is 14.4 Å². The van der Waals surface area contributed by atoms with E-state index in [1.54, 1.807) is 0 Å². The van der Waals surface area contributed by atoms with Crippen LogP contribution in [-0.2, 0) is 9.59 Å². The second-order valence-electron chi connectivity index (χ2n) is 5.23. The molecule has 0 saturated carbocycles. The standard InChI is InChI=1S/C12H23N3O4/c1-12(2,3)15-9(16)6-8-14-11(19)13-7-4-5-10(17)18/h4-8H2,1-3H3,(H,15,16)(H,17,18)(H2,13,14,19).